The van der Waals surface area contributed by atoms with E-state index in [9.17, 15) is 0 Å². The fourth-order valence-corrected chi connectivity index (χ4v) is 1.51. The Morgan fingerprint density at radius 1 is 1.08 bits per heavy atom. The van der Waals surface area contributed by atoms with E-state index in [-0.39, 0.29) is 0 Å². The van der Waals surface area contributed by atoms with Gasteiger partial charge in [0.1, 0.15) is 0 Å². The van der Waals surface area contributed by atoms with Gasteiger partial charge in [0.05, 0.1) is 5.56 Å². The monoisotopic (exact) mass is 171 g/mol. The van der Waals surface area contributed by atoms with Crippen LogP contribution >= 0.6 is 0 Å². The number of fused-ring (bicyclic) bond motifs is 1. The van der Waals surface area contributed by atoms with Crippen molar-refractivity contribution in [3.05, 3.63) is 54.1 Å². The minimum absolute atomic E-state index is 0.906. The van der Waals surface area contributed by atoms with Crippen LogP contribution in [-0.2, 0) is 0 Å². The van der Waals surface area contributed by atoms with Crippen LogP contribution in [0.2, 0.25) is 0 Å². The largest absolute Gasteiger partial charge is 0.350 e. The van der Waals surface area contributed by atoms with Crippen LogP contribution in [0, 0.1) is 0 Å². The zero-order chi connectivity index (χ0) is 9.26. The summed E-state index contributed by atoms with van der Waals surface area (Å²) in [5, 5.41) is 0. The molecule has 1 aliphatic rings. The summed E-state index contributed by atoms with van der Waals surface area (Å²) < 4.78 is 5.25. The van der Waals surface area contributed by atoms with Crippen LogP contribution in [0.5, 0.6) is 0 Å². The van der Waals surface area contributed by atoms with E-state index >= 15 is 0 Å². The Hall–Kier alpha value is -1.63. The van der Waals surface area contributed by atoms with Crippen LogP contribution < -0.4 is 0 Å². The highest BCUT2D eigenvalue weighted by atomic mass is 16.4. The number of rotatable bonds is 0. The van der Waals surface area contributed by atoms with Crippen LogP contribution in [0.3, 0.4) is 0 Å². The first-order valence-corrected chi connectivity index (χ1v) is 4.20. The summed E-state index contributed by atoms with van der Waals surface area (Å²) in [6, 6.07) is 8.11. The molecule has 0 heterocycles. The van der Waals surface area contributed by atoms with Gasteiger partial charge in [0, 0.05) is 6.08 Å². The Morgan fingerprint density at radius 2 is 1.77 bits per heavy atom. The maximum atomic E-state index is 5.25. The van der Waals surface area contributed by atoms with Crippen molar-refractivity contribution in [2.24, 2.45) is 0 Å². The van der Waals surface area contributed by atoms with Crippen molar-refractivity contribution >= 4 is 11.4 Å². The van der Waals surface area contributed by atoms with Gasteiger partial charge in [0.2, 0.25) is 0 Å². The molecule has 1 nitrogen and oxygen atoms in total. The summed E-state index contributed by atoms with van der Waals surface area (Å²) in [6.07, 6.45) is 3.92. The fraction of sp³-hybridized carbons (Fsp3) is 0.0833. The molecular weight excluding hydrogens is 160 g/mol. The molecule has 2 rings (SSSR count). The number of allylic oxidation sites excluding steroid dienone is 3. The van der Waals surface area contributed by atoms with E-state index in [0.717, 1.165) is 22.5 Å². The van der Waals surface area contributed by atoms with Crippen molar-refractivity contribution in [2.45, 2.75) is 0 Å². The molecule has 13 heavy (non-hydrogen) atoms. The minimum atomic E-state index is 0.906. The van der Waals surface area contributed by atoms with Gasteiger partial charge in [-0.05, 0) is 23.3 Å². The lowest BCUT2D eigenvalue weighted by molar-refractivity contribution is -0.222. The van der Waals surface area contributed by atoms with Gasteiger partial charge >= 0.3 is 5.78 Å². The van der Waals surface area contributed by atoms with Gasteiger partial charge in [0.15, 0.2) is 0 Å². The van der Waals surface area contributed by atoms with Crippen LogP contribution in [0.4, 0.5) is 0 Å². The topological polar surface area (TPSA) is 11.3 Å². The van der Waals surface area contributed by atoms with Gasteiger partial charge in [-0.15, -0.1) is 0 Å². The molecule has 0 spiro atoms. The molecule has 0 N–H and O–H groups in total. The first-order valence-electron chi connectivity index (χ1n) is 4.20. The number of benzene rings is 1. The van der Waals surface area contributed by atoms with Crippen molar-refractivity contribution in [1.29, 1.82) is 0 Å². The third-order valence-electron chi connectivity index (χ3n) is 2.19. The molecule has 0 saturated heterocycles. The lowest BCUT2D eigenvalue weighted by Crippen LogP contribution is -2.05. The first kappa shape index (κ1) is 7.99. The number of ketones is 1. The second kappa shape index (κ2) is 3.02. The zero-order valence-corrected chi connectivity index (χ0v) is 7.58. The summed E-state index contributed by atoms with van der Waals surface area (Å²) in [5.74, 6) is 0.906. The van der Waals surface area contributed by atoms with E-state index in [0.29, 0.717) is 0 Å². The number of hydrogen-bond acceptors (Lipinski definition) is 0. The molecular formula is C12H11O+. The summed E-state index contributed by atoms with van der Waals surface area (Å²) in [7, 11) is 1.69. The summed E-state index contributed by atoms with van der Waals surface area (Å²) in [5.41, 5.74) is 3.32. The predicted molar refractivity (Wildman–Crippen MR) is 54.9 cm³/mol. The van der Waals surface area contributed by atoms with Crippen LogP contribution in [0.1, 0.15) is 15.6 Å². The van der Waals surface area contributed by atoms with Gasteiger partial charge in [-0.3, -0.25) is 4.42 Å². The molecule has 0 saturated carbocycles. The first-order chi connectivity index (χ1) is 6.33. The molecule has 1 aliphatic carbocycles. The summed E-state index contributed by atoms with van der Waals surface area (Å²) >= 11 is 0. The standard InChI is InChI=1S/C12H11O/c1-9-7-8-12(13-2)11-6-4-3-5-10(9)11/h3-8H,1H2,2H3/q+1. The SMILES string of the molecule is C=C1C=CC(=[O+]C)c2ccccc21. The Bertz CT molecular complexity index is 411. The molecule has 0 unspecified atom stereocenters. The van der Waals surface area contributed by atoms with E-state index in [4.69, 9.17) is 4.42 Å². The molecule has 1 heteroatoms. The molecule has 0 atom stereocenters. The van der Waals surface area contributed by atoms with Crippen molar-refractivity contribution in [1.82, 2.24) is 0 Å². The molecule has 0 bridgehead atoms. The third kappa shape index (κ3) is 1.22. The zero-order valence-electron chi connectivity index (χ0n) is 7.58. The molecule has 1 aromatic rings. The van der Waals surface area contributed by atoms with Gasteiger partial charge < -0.3 is 0 Å². The summed E-state index contributed by atoms with van der Waals surface area (Å²) in [6.45, 7) is 3.97. The van der Waals surface area contributed by atoms with Crippen molar-refractivity contribution in [3.8, 4) is 0 Å². The molecule has 0 amide bonds. The summed E-state index contributed by atoms with van der Waals surface area (Å²) in [4.78, 5) is 0. The second-order valence-corrected chi connectivity index (χ2v) is 2.97. The van der Waals surface area contributed by atoms with Crippen molar-refractivity contribution in [3.63, 3.8) is 0 Å². The van der Waals surface area contributed by atoms with E-state index in [2.05, 4.69) is 12.6 Å². The van der Waals surface area contributed by atoms with Gasteiger partial charge in [-0.25, -0.2) is 0 Å². The molecule has 0 radical (unpaired) electrons. The van der Waals surface area contributed by atoms with Gasteiger partial charge in [0.25, 0.3) is 7.11 Å². The van der Waals surface area contributed by atoms with Crippen LogP contribution in [0.15, 0.2) is 43.0 Å². The highest BCUT2D eigenvalue weighted by molar-refractivity contribution is 6.12. The molecule has 0 aliphatic heterocycles. The fourth-order valence-electron chi connectivity index (χ4n) is 1.51. The average molecular weight is 171 g/mol. The Balaban J connectivity index is 2.68. The molecule has 64 valence electrons. The third-order valence-corrected chi connectivity index (χ3v) is 2.19. The molecule has 1 aromatic carbocycles. The Labute approximate surface area is 77.7 Å². The van der Waals surface area contributed by atoms with Crippen LogP contribution in [0.25, 0.3) is 5.57 Å². The predicted octanol–water partition coefficient (Wildman–Crippen LogP) is 2.62. The second-order valence-electron chi connectivity index (χ2n) is 2.97. The van der Waals surface area contributed by atoms with E-state index in [1.54, 1.807) is 7.11 Å². The number of hydrogen-bond donors (Lipinski definition) is 0. The van der Waals surface area contributed by atoms with Crippen molar-refractivity contribution in [2.75, 3.05) is 7.11 Å². The Kier molecular flexibility index (Phi) is 1.85. The van der Waals surface area contributed by atoms with E-state index < -0.39 is 0 Å². The lowest BCUT2D eigenvalue weighted by atomic mass is 9.93. The average Bonchev–Trinajstić information content (AvgIpc) is 2.19. The molecule has 0 aromatic heterocycles. The highest BCUT2D eigenvalue weighted by Crippen LogP contribution is 2.24. The van der Waals surface area contributed by atoms with Gasteiger partial charge in [-0.2, -0.15) is 0 Å². The lowest BCUT2D eigenvalue weighted by Gasteiger charge is -2.08. The van der Waals surface area contributed by atoms with E-state index in [1.165, 1.54) is 0 Å². The highest BCUT2D eigenvalue weighted by Gasteiger charge is 2.19. The van der Waals surface area contributed by atoms with Crippen LogP contribution in [-0.4, -0.2) is 12.9 Å². The minimum Gasteiger partial charge on any atom is -0.257 e. The van der Waals surface area contributed by atoms with Crippen molar-refractivity contribution < 1.29 is 4.42 Å². The smallest absolute Gasteiger partial charge is 0.257 e. The normalized spacial score (nSPS) is 17.6. The number of carbonyl (C=O) groups excluding carboxylic acids is 1. The quantitative estimate of drug-likeness (QED) is 0.532. The van der Waals surface area contributed by atoms with Gasteiger partial charge in [-0.1, -0.05) is 24.8 Å². The maximum Gasteiger partial charge on any atom is 0.350 e. The molecule has 0 fully saturated rings. The Morgan fingerprint density at radius 3 is 2.46 bits per heavy atom. The maximum absolute atomic E-state index is 5.25. The van der Waals surface area contributed by atoms with E-state index in [1.807, 2.05) is 30.4 Å².